The highest BCUT2D eigenvalue weighted by Gasteiger charge is 2.36. The molecule has 4 aromatic carbocycles. The number of nitrogens with one attached hydrogen (secondary N) is 2. The molecule has 2 aliphatic heterocycles. The van der Waals surface area contributed by atoms with E-state index < -0.39 is 0 Å². The Balaban J connectivity index is 1.13. The maximum atomic E-state index is 13.5. The molecule has 6 rings (SSSR count). The van der Waals surface area contributed by atoms with E-state index >= 15 is 0 Å². The number of likely N-dealkylation sites (tertiary alicyclic amines) is 1. The lowest BCUT2D eigenvalue weighted by atomic mass is 10.0. The molecule has 0 bridgehead atoms. The number of hydrogen-bond acceptors (Lipinski definition) is 6. The molecule has 212 valence electrons. The lowest BCUT2D eigenvalue weighted by Gasteiger charge is -2.23. The van der Waals surface area contributed by atoms with Crippen molar-refractivity contribution in [3.05, 3.63) is 101 Å². The number of rotatable bonds is 10. The van der Waals surface area contributed by atoms with Crippen molar-refractivity contribution in [3.63, 3.8) is 0 Å². The Morgan fingerprint density at radius 1 is 1.00 bits per heavy atom. The molecule has 2 heterocycles. The summed E-state index contributed by atoms with van der Waals surface area (Å²) in [5.41, 5.74) is 3.32. The van der Waals surface area contributed by atoms with Gasteiger partial charge in [0.25, 0.3) is 0 Å². The van der Waals surface area contributed by atoms with Crippen LogP contribution < -0.4 is 24.8 Å². The average molecular weight is 572 g/mol. The summed E-state index contributed by atoms with van der Waals surface area (Å²) >= 11 is 6.27. The Labute approximate surface area is 245 Å². The van der Waals surface area contributed by atoms with Gasteiger partial charge in [0.1, 0.15) is 5.75 Å². The van der Waals surface area contributed by atoms with Gasteiger partial charge >= 0.3 is 0 Å². The Bertz CT molecular complexity index is 1540. The van der Waals surface area contributed by atoms with Crippen LogP contribution in [0.4, 0.5) is 0 Å². The minimum absolute atomic E-state index is 0.0415. The minimum Gasteiger partial charge on any atom is -0.496 e. The molecule has 0 radical (unpaired) electrons. The number of benzene rings is 4. The van der Waals surface area contributed by atoms with Gasteiger partial charge in [-0.3, -0.25) is 9.69 Å². The summed E-state index contributed by atoms with van der Waals surface area (Å²) in [6, 6.07) is 26.1. The molecular weight excluding hydrogens is 538 g/mol. The predicted molar refractivity (Wildman–Crippen MR) is 161 cm³/mol. The Hall–Kier alpha value is -3.78. The van der Waals surface area contributed by atoms with Gasteiger partial charge in [0, 0.05) is 42.8 Å². The number of hydrogen-bond donors (Lipinski definition) is 2. The van der Waals surface area contributed by atoms with Gasteiger partial charge in [-0.25, -0.2) is 0 Å². The second kappa shape index (κ2) is 12.4. The molecule has 1 fully saturated rings. The third-order valence-corrected chi connectivity index (χ3v) is 8.15. The van der Waals surface area contributed by atoms with Crippen molar-refractivity contribution in [1.82, 2.24) is 15.5 Å². The number of amides is 1. The molecular formula is C33H34ClN3O4. The summed E-state index contributed by atoms with van der Waals surface area (Å²) in [7, 11) is 1.71. The van der Waals surface area contributed by atoms with E-state index in [-0.39, 0.29) is 24.8 Å². The van der Waals surface area contributed by atoms with Crippen LogP contribution in [0.15, 0.2) is 78.9 Å². The normalized spacial score (nSPS) is 18.1. The largest absolute Gasteiger partial charge is 0.496 e. The fourth-order valence-electron chi connectivity index (χ4n) is 5.85. The highest BCUT2D eigenvalue weighted by atomic mass is 35.5. The number of carbonyl (C=O) groups excluding carboxylic acids is 1. The molecule has 0 saturated carbocycles. The van der Waals surface area contributed by atoms with E-state index in [2.05, 4.69) is 45.9 Å². The van der Waals surface area contributed by atoms with Crippen molar-refractivity contribution in [1.29, 1.82) is 0 Å². The second-order valence-electron chi connectivity index (χ2n) is 10.6. The highest BCUT2D eigenvalue weighted by Crippen LogP contribution is 2.33. The average Bonchev–Trinajstić information content (AvgIpc) is 3.62. The fourth-order valence-corrected chi connectivity index (χ4v) is 6.06. The van der Waals surface area contributed by atoms with E-state index in [0.717, 1.165) is 40.5 Å². The van der Waals surface area contributed by atoms with Gasteiger partial charge in [0.2, 0.25) is 12.7 Å². The van der Waals surface area contributed by atoms with Crippen LogP contribution in [0, 0.1) is 0 Å². The molecule has 8 heteroatoms. The molecule has 0 unspecified atom stereocenters. The number of fused-ring (bicyclic) bond motifs is 2. The zero-order valence-electron chi connectivity index (χ0n) is 23.1. The van der Waals surface area contributed by atoms with Gasteiger partial charge in [0.15, 0.2) is 11.5 Å². The first kappa shape index (κ1) is 27.4. The summed E-state index contributed by atoms with van der Waals surface area (Å²) in [5, 5.41) is 9.96. The van der Waals surface area contributed by atoms with Gasteiger partial charge in [-0.1, -0.05) is 60.1 Å². The first-order valence-electron chi connectivity index (χ1n) is 14.0. The van der Waals surface area contributed by atoms with Crippen LogP contribution in [0.25, 0.3) is 10.8 Å². The third-order valence-electron chi connectivity index (χ3n) is 7.92. The van der Waals surface area contributed by atoms with Crippen LogP contribution in [-0.2, 0) is 24.3 Å². The van der Waals surface area contributed by atoms with Gasteiger partial charge in [-0.2, -0.15) is 0 Å². The number of methoxy groups -OCH3 is 1. The molecule has 0 aromatic heterocycles. The predicted octanol–water partition coefficient (Wildman–Crippen LogP) is 5.32. The Morgan fingerprint density at radius 3 is 2.76 bits per heavy atom. The monoisotopic (exact) mass is 571 g/mol. The van der Waals surface area contributed by atoms with E-state index in [9.17, 15) is 4.79 Å². The van der Waals surface area contributed by atoms with Gasteiger partial charge in [0.05, 0.1) is 13.2 Å². The maximum absolute atomic E-state index is 13.5. The molecule has 0 aliphatic carbocycles. The summed E-state index contributed by atoms with van der Waals surface area (Å²) in [6.07, 6.45) is 1.43. The van der Waals surface area contributed by atoms with Crippen molar-refractivity contribution < 1.29 is 19.0 Å². The molecule has 2 aliphatic rings. The molecule has 4 aromatic rings. The summed E-state index contributed by atoms with van der Waals surface area (Å²) in [5.74, 6) is 2.43. The van der Waals surface area contributed by atoms with Crippen LogP contribution in [0.5, 0.6) is 17.2 Å². The van der Waals surface area contributed by atoms with E-state index in [1.54, 1.807) is 7.11 Å². The van der Waals surface area contributed by atoms with Crippen LogP contribution >= 0.6 is 11.6 Å². The van der Waals surface area contributed by atoms with Crippen molar-refractivity contribution >= 4 is 28.3 Å². The molecule has 2 N–H and O–H groups in total. The number of ether oxygens (including phenoxy) is 3. The van der Waals surface area contributed by atoms with Gasteiger partial charge in [-0.05, 0) is 65.1 Å². The first-order valence-corrected chi connectivity index (χ1v) is 14.4. The van der Waals surface area contributed by atoms with E-state index in [4.69, 9.17) is 25.8 Å². The van der Waals surface area contributed by atoms with Crippen molar-refractivity contribution in [2.24, 2.45) is 0 Å². The zero-order chi connectivity index (χ0) is 28.2. The summed E-state index contributed by atoms with van der Waals surface area (Å²) < 4.78 is 16.6. The topological polar surface area (TPSA) is 72.1 Å². The zero-order valence-corrected chi connectivity index (χ0v) is 23.8. The van der Waals surface area contributed by atoms with Crippen LogP contribution in [0.2, 0.25) is 5.02 Å². The lowest BCUT2D eigenvalue weighted by molar-refractivity contribution is -0.125. The molecule has 1 saturated heterocycles. The van der Waals surface area contributed by atoms with Crippen molar-refractivity contribution in [2.75, 3.05) is 27.0 Å². The molecule has 7 nitrogen and oxygen atoms in total. The number of nitrogens with zero attached hydrogens (tertiary/aromatic N) is 1. The van der Waals surface area contributed by atoms with Gasteiger partial charge < -0.3 is 24.8 Å². The van der Waals surface area contributed by atoms with E-state index in [1.165, 1.54) is 10.8 Å². The number of carbonyl (C=O) groups is 1. The SMILES string of the molecule is COc1ccc2ccccc2c1CN[C@@H]1C[C@@H](C(=O)NCCc2ccc3c(c2)OCO3)N(Cc2cccc(Cl)c2)C1. The Kier molecular flexibility index (Phi) is 8.28. The standard InChI is InChI=1S/C33H34ClN3O4/c1-39-30-12-10-24-6-2-3-8-27(24)28(30)18-36-26-17-29(37(20-26)19-23-5-4-7-25(34)15-23)33(38)35-14-13-22-9-11-31-32(16-22)41-21-40-31/h2-12,15-16,26,29,36H,13-14,17-21H2,1H3,(H,35,38)/t26-,29+/m1/s1. The van der Waals surface area contributed by atoms with Crippen LogP contribution in [0.1, 0.15) is 23.1 Å². The summed E-state index contributed by atoms with van der Waals surface area (Å²) in [6.45, 7) is 2.85. The quantitative estimate of drug-likeness (QED) is 0.268. The fraction of sp³-hybridized carbons (Fsp3) is 0.303. The van der Waals surface area contributed by atoms with Gasteiger partial charge in [-0.15, -0.1) is 0 Å². The van der Waals surface area contributed by atoms with Crippen LogP contribution in [-0.4, -0.2) is 49.9 Å². The molecule has 41 heavy (non-hydrogen) atoms. The molecule has 0 spiro atoms. The van der Waals surface area contributed by atoms with E-state index in [0.29, 0.717) is 37.5 Å². The molecule has 2 atom stereocenters. The lowest BCUT2D eigenvalue weighted by Crippen LogP contribution is -2.43. The first-order chi connectivity index (χ1) is 20.1. The molecule has 1 amide bonds. The summed E-state index contributed by atoms with van der Waals surface area (Å²) in [4.78, 5) is 15.8. The minimum atomic E-state index is -0.252. The number of halogens is 1. The maximum Gasteiger partial charge on any atom is 0.237 e. The second-order valence-corrected chi connectivity index (χ2v) is 11.0. The third kappa shape index (κ3) is 6.27. The highest BCUT2D eigenvalue weighted by molar-refractivity contribution is 6.30. The Morgan fingerprint density at radius 2 is 1.88 bits per heavy atom. The van der Waals surface area contributed by atoms with Crippen molar-refractivity contribution in [3.8, 4) is 17.2 Å². The van der Waals surface area contributed by atoms with E-state index in [1.807, 2.05) is 48.5 Å². The van der Waals surface area contributed by atoms with Crippen LogP contribution in [0.3, 0.4) is 0 Å². The van der Waals surface area contributed by atoms with Crippen molar-refractivity contribution in [2.45, 2.75) is 38.0 Å². The smallest absolute Gasteiger partial charge is 0.237 e.